The van der Waals surface area contributed by atoms with Crippen LogP contribution in [0.4, 0.5) is 11.4 Å². The Balaban J connectivity index is 1.42. The van der Waals surface area contributed by atoms with E-state index in [9.17, 15) is 14.9 Å². The molecule has 1 N–H and O–H groups in total. The van der Waals surface area contributed by atoms with E-state index in [0.29, 0.717) is 11.3 Å². The highest BCUT2D eigenvalue weighted by atomic mass is 32.1. The molecule has 0 spiro atoms. The van der Waals surface area contributed by atoms with Crippen LogP contribution < -0.4 is 5.32 Å². The van der Waals surface area contributed by atoms with Gasteiger partial charge in [0.25, 0.3) is 11.6 Å². The second kappa shape index (κ2) is 7.58. The van der Waals surface area contributed by atoms with E-state index in [-0.39, 0.29) is 11.6 Å². The number of nitrogens with one attached hydrogen (secondary N) is 1. The smallest absolute Gasteiger partial charge is 0.269 e. The maximum absolute atomic E-state index is 12.3. The first-order chi connectivity index (χ1) is 13.6. The molecule has 1 amide bonds. The summed E-state index contributed by atoms with van der Waals surface area (Å²) in [5.41, 5.74) is 3.10. The first-order valence-corrected chi connectivity index (χ1v) is 9.39. The number of nitro groups is 1. The first kappa shape index (κ1) is 17.8. The summed E-state index contributed by atoms with van der Waals surface area (Å²) in [5, 5.41) is 14.5. The SMILES string of the molecule is O=C(Nc1ccc(Cc2nc3ccccc3s2)cc1)c1ccc([N+](=O)[O-])cc1. The number of fused-ring (bicyclic) bond motifs is 1. The Morgan fingerprint density at radius 1 is 1.00 bits per heavy atom. The molecule has 1 aromatic heterocycles. The average molecular weight is 389 g/mol. The van der Waals surface area contributed by atoms with E-state index in [1.807, 2.05) is 42.5 Å². The van der Waals surface area contributed by atoms with E-state index >= 15 is 0 Å². The molecule has 0 aliphatic rings. The van der Waals surface area contributed by atoms with Crippen LogP contribution in [0.15, 0.2) is 72.8 Å². The van der Waals surface area contributed by atoms with Crippen molar-refractivity contribution in [3.05, 3.63) is 99.0 Å². The van der Waals surface area contributed by atoms with Crippen LogP contribution >= 0.6 is 11.3 Å². The number of carbonyl (C=O) groups excluding carboxylic acids is 1. The van der Waals surface area contributed by atoms with Gasteiger partial charge >= 0.3 is 0 Å². The number of carbonyl (C=O) groups is 1. The molecule has 0 saturated carbocycles. The molecule has 0 fully saturated rings. The van der Waals surface area contributed by atoms with Crippen molar-refractivity contribution < 1.29 is 9.72 Å². The highest BCUT2D eigenvalue weighted by Crippen LogP contribution is 2.24. The number of non-ortho nitro benzene ring substituents is 1. The van der Waals surface area contributed by atoms with E-state index in [2.05, 4.69) is 16.4 Å². The second-order valence-electron chi connectivity index (χ2n) is 6.21. The van der Waals surface area contributed by atoms with Gasteiger partial charge in [0.15, 0.2) is 0 Å². The molecule has 0 unspecified atom stereocenters. The standard InChI is InChI=1S/C21H15N3O3S/c25-21(15-7-11-17(12-8-15)24(26)27)22-16-9-5-14(6-10-16)13-20-23-18-3-1-2-4-19(18)28-20/h1-12H,13H2,(H,22,25). The van der Waals surface area contributed by atoms with Crippen molar-refractivity contribution in [1.82, 2.24) is 4.98 Å². The lowest BCUT2D eigenvalue weighted by molar-refractivity contribution is -0.384. The molecule has 0 atom stereocenters. The minimum atomic E-state index is -0.494. The largest absolute Gasteiger partial charge is 0.322 e. The molecule has 3 aromatic carbocycles. The van der Waals surface area contributed by atoms with Gasteiger partial charge in [-0.1, -0.05) is 24.3 Å². The molecule has 0 aliphatic carbocycles. The number of hydrogen-bond donors (Lipinski definition) is 1. The molecule has 1 heterocycles. The third-order valence-electron chi connectivity index (χ3n) is 4.25. The van der Waals surface area contributed by atoms with Crippen LogP contribution in [0, 0.1) is 10.1 Å². The Labute approximate surface area is 164 Å². The highest BCUT2D eigenvalue weighted by Gasteiger charge is 2.10. The third kappa shape index (κ3) is 3.89. The van der Waals surface area contributed by atoms with Crippen molar-refractivity contribution >= 4 is 38.8 Å². The Kier molecular flexibility index (Phi) is 4.82. The van der Waals surface area contributed by atoms with Crippen LogP contribution in [0.1, 0.15) is 20.9 Å². The van der Waals surface area contributed by atoms with E-state index in [0.717, 1.165) is 22.5 Å². The van der Waals surface area contributed by atoms with Gasteiger partial charge in [0.05, 0.1) is 20.1 Å². The number of hydrogen-bond acceptors (Lipinski definition) is 5. The molecule has 0 radical (unpaired) electrons. The normalized spacial score (nSPS) is 10.7. The van der Waals surface area contributed by atoms with E-state index < -0.39 is 4.92 Å². The number of benzene rings is 3. The fraction of sp³-hybridized carbons (Fsp3) is 0.0476. The van der Waals surface area contributed by atoms with Crippen LogP contribution in [0.25, 0.3) is 10.2 Å². The summed E-state index contributed by atoms with van der Waals surface area (Å²) in [7, 11) is 0. The zero-order valence-electron chi connectivity index (χ0n) is 14.7. The molecule has 7 heteroatoms. The molecule has 4 aromatic rings. The first-order valence-electron chi connectivity index (χ1n) is 8.58. The van der Waals surface area contributed by atoms with Gasteiger partial charge in [-0.05, 0) is 42.0 Å². The summed E-state index contributed by atoms with van der Waals surface area (Å²) in [6.07, 6.45) is 0.732. The minimum absolute atomic E-state index is 0.0456. The monoisotopic (exact) mass is 389 g/mol. The fourth-order valence-corrected chi connectivity index (χ4v) is 3.82. The predicted molar refractivity (Wildman–Crippen MR) is 110 cm³/mol. The number of nitro benzene ring substituents is 1. The van der Waals surface area contributed by atoms with Crippen LogP contribution in [0.3, 0.4) is 0 Å². The molecule has 138 valence electrons. The Bertz CT molecular complexity index is 1120. The zero-order chi connectivity index (χ0) is 19.5. The average Bonchev–Trinajstić information content (AvgIpc) is 3.12. The predicted octanol–water partition coefficient (Wildman–Crippen LogP) is 5.05. The van der Waals surface area contributed by atoms with Gasteiger partial charge in [-0.2, -0.15) is 0 Å². The van der Waals surface area contributed by atoms with Crippen LogP contribution in [-0.4, -0.2) is 15.8 Å². The van der Waals surface area contributed by atoms with Gasteiger partial charge in [-0.15, -0.1) is 11.3 Å². The lowest BCUT2D eigenvalue weighted by atomic mass is 10.1. The van der Waals surface area contributed by atoms with Gasteiger partial charge in [-0.3, -0.25) is 14.9 Å². The highest BCUT2D eigenvalue weighted by molar-refractivity contribution is 7.18. The number of amides is 1. The Hall–Kier alpha value is -3.58. The summed E-state index contributed by atoms with van der Waals surface area (Å²) in [6, 6.07) is 21.2. The van der Waals surface area contributed by atoms with Crippen molar-refractivity contribution in [1.29, 1.82) is 0 Å². The topological polar surface area (TPSA) is 85.1 Å². The zero-order valence-corrected chi connectivity index (χ0v) is 15.5. The fourth-order valence-electron chi connectivity index (χ4n) is 2.81. The number of thiazole rings is 1. The summed E-state index contributed by atoms with van der Waals surface area (Å²) in [5.74, 6) is -0.311. The molecule has 6 nitrogen and oxygen atoms in total. The van der Waals surface area contributed by atoms with Crippen molar-refractivity contribution in [3.63, 3.8) is 0 Å². The second-order valence-corrected chi connectivity index (χ2v) is 7.32. The summed E-state index contributed by atoms with van der Waals surface area (Å²) >= 11 is 1.68. The molecule has 0 saturated heterocycles. The van der Waals surface area contributed by atoms with Crippen LogP contribution in [0.5, 0.6) is 0 Å². The number of nitrogens with zero attached hydrogens (tertiary/aromatic N) is 2. The Morgan fingerprint density at radius 3 is 2.39 bits per heavy atom. The van der Waals surface area contributed by atoms with Gasteiger partial charge in [0.2, 0.25) is 0 Å². The maximum Gasteiger partial charge on any atom is 0.269 e. The molecular formula is C21H15N3O3S. The van der Waals surface area contributed by atoms with Gasteiger partial charge < -0.3 is 5.32 Å². The lowest BCUT2D eigenvalue weighted by Crippen LogP contribution is -2.11. The molecule has 4 rings (SSSR count). The number of para-hydroxylation sites is 1. The van der Waals surface area contributed by atoms with Crippen molar-refractivity contribution in [2.24, 2.45) is 0 Å². The summed E-state index contributed by atoms with van der Waals surface area (Å²) in [6.45, 7) is 0. The lowest BCUT2D eigenvalue weighted by Gasteiger charge is -2.06. The van der Waals surface area contributed by atoms with E-state index in [4.69, 9.17) is 0 Å². The van der Waals surface area contributed by atoms with E-state index in [1.165, 1.54) is 29.0 Å². The Morgan fingerprint density at radius 2 is 1.71 bits per heavy atom. The minimum Gasteiger partial charge on any atom is -0.322 e. The molecule has 28 heavy (non-hydrogen) atoms. The van der Waals surface area contributed by atoms with Crippen LogP contribution in [-0.2, 0) is 6.42 Å². The van der Waals surface area contributed by atoms with Crippen molar-refractivity contribution in [2.45, 2.75) is 6.42 Å². The van der Waals surface area contributed by atoms with E-state index in [1.54, 1.807) is 11.3 Å². The van der Waals surface area contributed by atoms with Gasteiger partial charge in [0.1, 0.15) is 0 Å². The summed E-state index contributed by atoms with van der Waals surface area (Å²) in [4.78, 5) is 27.1. The van der Waals surface area contributed by atoms with Crippen molar-refractivity contribution in [3.8, 4) is 0 Å². The van der Waals surface area contributed by atoms with Gasteiger partial charge in [0, 0.05) is 29.8 Å². The third-order valence-corrected chi connectivity index (χ3v) is 5.28. The molecule has 0 bridgehead atoms. The number of rotatable bonds is 5. The molecule has 0 aliphatic heterocycles. The maximum atomic E-state index is 12.3. The van der Waals surface area contributed by atoms with Crippen LogP contribution in [0.2, 0.25) is 0 Å². The molecular weight excluding hydrogens is 374 g/mol. The summed E-state index contributed by atoms with van der Waals surface area (Å²) < 4.78 is 1.17. The number of anilines is 1. The van der Waals surface area contributed by atoms with Gasteiger partial charge in [-0.25, -0.2) is 4.98 Å². The number of aromatic nitrogens is 1. The van der Waals surface area contributed by atoms with Crippen molar-refractivity contribution in [2.75, 3.05) is 5.32 Å². The quantitative estimate of drug-likeness (QED) is 0.382.